The summed E-state index contributed by atoms with van der Waals surface area (Å²) in [6, 6.07) is 11.6. The Balaban J connectivity index is 2.13. The Kier molecular flexibility index (Phi) is 5.55. The number of nitrogens with zero attached hydrogens (tertiary/aromatic N) is 1. The van der Waals surface area contributed by atoms with Gasteiger partial charge in [-0.1, -0.05) is 12.1 Å². The number of carbonyl (C=O) groups is 2. The molecule has 1 amide bonds. The van der Waals surface area contributed by atoms with E-state index in [-0.39, 0.29) is 22.9 Å². The van der Waals surface area contributed by atoms with E-state index in [9.17, 15) is 18.0 Å². The van der Waals surface area contributed by atoms with Crippen LogP contribution < -0.4 is 4.72 Å². The zero-order valence-corrected chi connectivity index (χ0v) is 14.6. The van der Waals surface area contributed by atoms with E-state index in [2.05, 4.69) is 4.72 Å². The second kappa shape index (κ2) is 7.45. The van der Waals surface area contributed by atoms with Crippen molar-refractivity contribution < 1.29 is 23.1 Å². The Morgan fingerprint density at radius 3 is 2.24 bits per heavy atom. The van der Waals surface area contributed by atoms with Gasteiger partial charge in [0.15, 0.2) is 0 Å². The second-order valence-corrected chi connectivity index (χ2v) is 7.32. The highest BCUT2D eigenvalue weighted by Gasteiger charge is 2.15. The number of carboxylic acids is 1. The number of amides is 1. The van der Waals surface area contributed by atoms with Crippen LogP contribution >= 0.6 is 0 Å². The van der Waals surface area contributed by atoms with Gasteiger partial charge in [0, 0.05) is 26.2 Å². The molecule has 0 saturated heterocycles. The maximum absolute atomic E-state index is 12.3. The topological polar surface area (TPSA) is 104 Å². The Morgan fingerprint density at radius 2 is 1.68 bits per heavy atom. The van der Waals surface area contributed by atoms with Gasteiger partial charge < -0.3 is 10.0 Å². The van der Waals surface area contributed by atoms with Crippen molar-refractivity contribution in [2.75, 3.05) is 14.1 Å². The van der Waals surface area contributed by atoms with Gasteiger partial charge in [0.1, 0.15) is 0 Å². The van der Waals surface area contributed by atoms with E-state index in [1.165, 1.54) is 29.2 Å². The van der Waals surface area contributed by atoms with Crippen LogP contribution in [-0.4, -0.2) is 44.4 Å². The summed E-state index contributed by atoms with van der Waals surface area (Å²) in [5.74, 6) is -1.30. The van der Waals surface area contributed by atoms with E-state index in [4.69, 9.17) is 5.11 Å². The minimum atomic E-state index is -3.79. The number of hydrogen-bond acceptors (Lipinski definition) is 4. The summed E-state index contributed by atoms with van der Waals surface area (Å²) in [5, 5.41) is 8.84. The standard InChI is InChI=1S/C17H18N2O5S/c1-19(2)16(20)14-5-3-4-12(10-14)11-18-25(23,24)15-8-6-13(7-9-15)17(21)22/h3-10,18H,11H2,1-2H3,(H,21,22). The quantitative estimate of drug-likeness (QED) is 0.812. The molecule has 0 aliphatic carbocycles. The second-order valence-electron chi connectivity index (χ2n) is 5.55. The van der Waals surface area contributed by atoms with Crippen molar-refractivity contribution in [3.63, 3.8) is 0 Å². The highest BCUT2D eigenvalue weighted by Crippen LogP contribution is 2.12. The van der Waals surface area contributed by atoms with Crippen molar-refractivity contribution in [2.24, 2.45) is 0 Å². The summed E-state index contributed by atoms with van der Waals surface area (Å²) in [6.45, 7) is 0.0115. The summed E-state index contributed by atoms with van der Waals surface area (Å²) in [6.07, 6.45) is 0. The number of benzene rings is 2. The number of nitrogens with one attached hydrogen (secondary N) is 1. The van der Waals surface area contributed by atoms with Gasteiger partial charge in [-0.25, -0.2) is 17.9 Å². The monoisotopic (exact) mass is 362 g/mol. The Bertz CT molecular complexity index is 890. The van der Waals surface area contributed by atoms with Gasteiger partial charge in [0.2, 0.25) is 10.0 Å². The SMILES string of the molecule is CN(C)C(=O)c1cccc(CNS(=O)(=O)c2ccc(C(=O)O)cc2)c1. The van der Waals surface area contributed by atoms with Gasteiger partial charge in [-0.15, -0.1) is 0 Å². The molecule has 0 spiro atoms. The van der Waals surface area contributed by atoms with E-state index in [0.29, 0.717) is 11.1 Å². The van der Waals surface area contributed by atoms with Crippen LogP contribution in [-0.2, 0) is 16.6 Å². The molecular weight excluding hydrogens is 344 g/mol. The molecule has 0 aliphatic rings. The molecule has 0 fully saturated rings. The Morgan fingerprint density at radius 1 is 1.04 bits per heavy atom. The van der Waals surface area contributed by atoms with Crippen LogP contribution in [0.25, 0.3) is 0 Å². The molecule has 2 rings (SSSR count). The number of sulfonamides is 1. The molecule has 0 aromatic heterocycles. The van der Waals surface area contributed by atoms with Crippen LogP contribution in [0.4, 0.5) is 0 Å². The summed E-state index contributed by atoms with van der Waals surface area (Å²) in [4.78, 5) is 24.2. The summed E-state index contributed by atoms with van der Waals surface area (Å²) >= 11 is 0. The van der Waals surface area contributed by atoms with E-state index in [1.54, 1.807) is 38.4 Å². The van der Waals surface area contributed by atoms with Gasteiger partial charge in [0.25, 0.3) is 5.91 Å². The van der Waals surface area contributed by atoms with Crippen LogP contribution in [0.3, 0.4) is 0 Å². The highest BCUT2D eigenvalue weighted by atomic mass is 32.2. The maximum Gasteiger partial charge on any atom is 0.335 e. The van der Waals surface area contributed by atoms with E-state index >= 15 is 0 Å². The van der Waals surface area contributed by atoms with Crippen molar-refractivity contribution in [3.05, 3.63) is 65.2 Å². The number of carbonyl (C=O) groups excluding carboxylic acids is 1. The molecule has 0 radical (unpaired) electrons. The fourth-order valence-corrected chi connectivity index (χ4v) is 3.13. The normalized spacial score (nSPS) is 11.1. The lowest BCUT2D eigenvalue weighted by Crippen LogP contribution is -2.24. The fraction of sp³-hybridized carbons (Fsp3) is 0.176. The van der Waals surface area contributed by atoms with Crippen LogP contribution in [0.15, 0.2) is 53.4 Å². The minimum absolute atomic E-state index is 0.00819. The summed E-state index contributed by atoms with van der Waals surface area (Å²) in [7, 11) is -0.514. The predicted octanol–water partition coefficient (Wildman–Crippen LogP) is 1.57. The lowest BCUT2D eigenvalue weighted by molar-refractivity contribution is 0.0696. The van der Waals surface area contributed by atoms with Gasteiger partial charge >= 0.3 is 5.97 Å². The Labute approximate surface area is 146 Å². The fourth-order valence-electron chi connectivity index (χ4n) is 2.11. The first-order chi connectivity index (χ1) is 11.7. The van der Waals surface area contributed by atoms with Crippen LogP contribution in [0.5, 0.6) is 0 Å². The van der Waals surface area contributed by atoms with Crippen LogP contribution in [0.1, 0.15) is 26.3 Å². The Hall–Kier alpha value is -2.71. The van der Waals surface area contributed by atoms with Gasteiger partial charge in [-0.2, -0.15) is 0 Å². The molecule has 2 aromatic carbocycles. The van der Waals surface area contributed by atoms with Crippen molar-refractivity contribution in [1.82, 2.24) is 9.62 Å². The highest BCUT2D eigenvalue weighted by molar-refractivity contribution is 7.89. The third-order valence-corrected chi connectivity index (χ3v) is 4.88. The smallest absolute Gasteiger partial charge is 0.335 e. The minimum Gasteiger partial charge on any atom is -0.478 e. The van der Waals surface area contributed by atoms with Crippen LogP contribution in [0, 0.1) is 0 Å². The molecule has 0 saturated carbocycles. The average molecular weight is 362 g/mol. The van der Waals surface area contributed by atoms with E-state index in [0.717, 1.165) is 0 Å². The van der Waals surface area contributed by atoms with Gasteiger partial charge in [0.05, 0.1) is 10.5 Å². The van der Waals surface area contributed by atoms with Gasteiger partial charge in [-0.05, 0) is 42.0 Å². The summed E-state index contributed by atoms with van der Waals surface area (Å²) < 4.78 is 27.0. The molecular formula is C17H18N2O5S. The van der Waals surface area contributed by atoms with E-state index in [1.807, 2.05) is 0 Å². The van der Waals surface area contributed by atoms with E-state index < -0.39 is 16.0 Å². The van der Waals surface area contributed by atoms with Crippen molar-refractivity contribution >= 4 is 21.9 Å². The molecule has 132 valence electrons. The van der Waals surface area contributed by atoms with Gasteiger partial charge in [-0.3, -0.25) is 4.79 Å². The molecule has 0 unspecified atom stereocenters. The molecule has 0 atom stereocenters. The van der Waals surface area contributed by atoms with Crippen molar-refractivity contribution in [3.8, 4) is 0 Å². The number of hydrogen-bond donors (Lipinski definition) is 2. The lowest BCUT2D eigenvalue weighted by Gasteiger charge is -2.12. The summed E-state index contributed by atoms with van der Waals surface area (Å²) in [5.41, 5.74) is 1.11. The van der Waals surface area contributed by atoms with Crippen molar-refractivity contribution in [1.29, 1.82) is 0 Å². The number of carboxylic acid groups (broad SMARTS) is 1. The molecule has 7 nitrogen and oxygen atoms in total. The molecule has 2 N–H and O–H groups in total. The number of rotatable bonds is 6. The first-order valence-corrected chi connectivity index (χ1v) is 8.82. The number of aromatic carboxylic acids is 1. The average Bonchev–Trinajstić information content (AvgIpc) is 2.59. The largest absolute Gasteiger partial charge is 0.478 e. The molecule has 25 heavy (non-hydrogen) atoms. The molecule has 0 aliphatic heterocycles. The molecule has 0 bridgehead atoms. The predicted molar refractivity (Wildman–Crippen MR) is 91.9 cm³/mol. The molecule has 8 heteroatoms. The third kappa shape index (κ3) is 4.65. The third-order valence-electron chi connectivity index (χ3n) is 3.46. The molecule has 2 aromatic rings. The van der Waals surface area contributed by atoms with Crippen LogP contribution in [0.2, 0.25) is 0 Å². The first kappa shape index (κ1) is 18.6. The van der Waals surface area contributed by atoms with Crippen molar-refractivity contribution in [2.45, 2.75) is 11.4 Å². The zero-order valence-electron chi connectivity index (χ0n) is 13.8. The zero-order chi connectivity index (χ0) is 18.6. The molecule has 0 heterocycles. The maximum atomic E-state index is 12.3. The lowest BCUT2D eigenvalue weighted by atomic mass is 10.1. The first-order valence-electron chi connectivity index (χ1n) is 7.34.